The Labute approximate surface area is 583 Å². The molecule has 510 valence electrons. The normalized spacial score (nSPS) is 12.7. The van der Waals surface area contributed by atoms with Gasteiger partial charge in [-0.1, -0.05) is 278 Å². The van der Waals surface area contributed by atoms with Crippen LogP contribution in [0.15, 0.2) is 292 Å². The topological polar surface area (TPSA) is 113 Å². The maximum absolute atomic E-state index is 9.87. The molecule has 0 heterocycles. The Bertz CT molecular complexity index is 3760. The van der Waals surface area contributed by atoms with Crippen LogP contribution in [0, 0.1) is 0 Å². The Morgan fingerprint density at radius 3 is 0.816 bits per heavy atom. The van der Waals surface area contributed by atoms with Crippen molar-refractivity contribution in [1.29, 1.82) is 0 Å². The molecule has 98 heavy (non-hydrogen) atoms. The fourth-order valence-electron chi connectivity index (χ4n) is 13.3. The molecule has 10 rings (SSSR count). The number of methoxy groups -OCH3 is 4. The van der Waals surface area contributed by atoms with Crippen LogP contribution < -0.4 is 39.7 Å². The summed E-state index contributed by atoms with van der Waals surface area (Å²) in [4.78, 5) is 0. The minimum absolute atomic E-state index is 0.115. The molecule has 11 nitrogen and oxygen atoms in total. The average Bonchev–Trinajstić information content (AvgIpc) is 0.740. The van der Waals surface area contributed by atoms with Crippen LogP contribution in [0.25, 0.3) is 0 Å². The van der Waals surface area contributed by atoms with Gasteiger partial charge in [-0.3, -0.25) is 0 Å². The van der Waals surface area contributed by atoms with Crippen molar-refractivity contribution in [2.75, 3.05) is 74.7 Å². The first-order valence-electron chi connectivity index (χ1n) is 33.5. The summed E-state index contributed by atoms with van der Waals surface area (Å²) in [7, 11) is 0.976. The number of hydrogen-bond acceptors (Lipinski definition) is 11. The largest absolute Gasteiger partial charge is 0.497 e. The van der Waals surface area contributed by atoms with Crippen LogP contribution in [0.4, 0.5) is 0 Å². The molecule has 0 aliphatic rings. The van der Waals surface area contributed by atoms with Gasteiger partial charge in [-0.25, -0.2) is 0 Å². The summed E-state index contributed by atoms with van der Waals surface area (Å²) < 4.78 is 64.0. The molecule has 0 aliphatic carbocycles. The van der Waals surface area contributed by atoms with Crippen molar-refractivity contribution in [2.45, 2.75) is 75.0 Å². The van der Waals surface area contributed by atoms with Crippen LogP contribution in [0.5, 0.6) is 23.0 Å². The van der Waals surface area contributed by atoms with Crippen LogP contribution in [0.1, 0.15) is 74.9 Å². The zero-order valence-electron chi connectivity index (χ0n) is 58.5. The zero-order chi connectivity index (χ0) is 69.5. The summed E-state index contributed by atoms with van der Waals surface area (Å²) in [5.41, 5.74) is 3.72. The molecule has 0 bridgehead atoms. The van der Waals surface area contributed by atoms with E-state index in [1.165, 1.54) is 20.7 Å². The van der Waals surface area contributed by atoms with Crippen molar-refractivity contribution in [3.8, 4) is 23.0 Å². The van der Waals surface area contributed by atoms with Gasteiger partial charge in [0.1, 0.15) is 46.4 Å². The lowest BCUT2D eigenvalue weighted by atomic mass is 9.80. The average molecular weight is 1350 g/mol. The second kappa shape index (κ2) is 34.7. The van der Waals surface area contributed by atoms with Gasteiger partial charge in [0, 0.05) is 0 Å². The molecule has 10 aromatic carbocycles. The van der Waals surface area contributed by atoms with Crippen LogP contribution in [-0.4, -0.2) is 109 Å². The molecule has 0 amide bonds. The Morgan fingerprint density at radius 1 is 0.337 bits per heavy atom. The lowest BCUT2D eigenvalue weighted by Gasteiger charge is -2.44. The summed E-state index contributed by atoms with van der Waals surface area (Å²) in [5.74, 6) is 3.05. The van der Waals surface area contributed by atoms with Crippen molar-refractivity contribution < 1.29 is 51.9 Å². The van der Waals surface area contributed by atoms with Crippen molar-refractivity contribution in [3.05, 3.63) is 325 Å². The van der Waals surface area contributed by atoms with Crippen LogP contribution in [0.2, 0.25) is 10.1 Å². The Morgan fingerprint density at radius 2 is 0.582 bits per heavy atom. The van der Waals surface area contributed by atoms with Crippen molar-refractivity contribution >= 4 is 37.4 Å². The molecule has 2 atom stereocenters. The van der Waals surface area contributed by atoms with Gasteiger partial charge in [-0.05, 0) is 113 Å². The molecule has 0 saturated heterocycles. The smallest absolute Gasteiger partial charge is 0.261 e. The van der Waals surface area contributed by atoms with E-state index in [-0.39, 0.29) is 43.1 Å². The minimum Gasteiger partial charge on any atom is -0.497 e. The third kappa shape index (κ3) is 16.7. The number of hydrogen-bond donors (Lipinski definition) is 1. The molecule has 0 spiro atoms. The predicted octanol–water partition coefficient (Wildman–Crippen LogP) is 15.1. The van der Waals surface area contributed by atoms with E-state index in [2.05, 4.69) is 206 Å². The Balaban J connectivity index is 0.000000229. The summed E-state index contributed by atoms with van der Waals surface area (Å²) >= 11 is 0. The van der Waals surface area contributed by atoms with E-state index >= 15 is 0 Å². The third-order valence-electron chi connectivity index (χ3n) is 18.0. The molecule has 0 aromatic heterocycles. The van der Waals surface area contributed by atoms with E-state index in [0.717, 1.165) is 56.4 Å². The van der Waals surface area contributed by atoms with Gasteiger partial charge in [0.15, 0.2) is 0 Å². The van der Waals surface area contributed by atoms with Crippen molar-refractivity contribution in [3.63, 3.8) is 0 Å². The molecule has 13 heteroatoms. The molecule has 0 unspecified atom stereocenters. The predicted molar refractivity (Wildman–Crippen MR) is 400 cm³/mol. The quantitative estimate of drug-likeness (QED) is 0.0247. The SMILES string of the molecule is C=CCO[C@H](COC(c1ccccc1)(c1ccc(OC)cc1)c1ccc(OC)cc1)CO[Si](c1ccccc1)(c1ccccc1)C(C)(C)C.COc1ccc(C(OC[C@H](CO[Si](c2ccccc2)(c2ccccc2)C(C)(C)C)OCCO)(c2ccccc2)c2ccc(OC)cc2)cc1. The van der Waals surface area contributed by atoms with Gasteiger partial charge in [0.05, 0.1) is 74.7 Å². The first-order valence-corrected chi connectivity index (χ1v) is 37.3. The molecule has 0 aliphatic heterocycles. The van der Waals surface area contributed by atoms with E-state index < -0.39 is 40.0 Å². The summed E-state index contributed by atoms with van der Waals surface area (Å²) in [6.45, 7) is 19.0. The van der Waals surface area contributed by atoms with Gasteiger partial charge < -0.3 is 51.9 Å². The lowest BCUT2D eigenvalue weighted by Crippen LogP contribution is -2.67. The lowest BCUT2D eigenvalue weighted by molar-refractivity contribution is -0.0835. The van der Waals surface area contributed by atoms with Gasteiger partial charge >= 0.3 is 0 Å². The second-order valence-electron chi connectivity index (χ2n) is 26.0. The Hall–Kier alpha value is -8.71. The monoisotopic (exact) mass is 1350 g/mol. The molecule has 0 fully saturated rings. The van der Waals surface area contributed by atoms with Crippen molar-refractivity contribution in [1.82, 2.24) is 0 Å². The van der Waals surface area contributed by atoms with E-state index in [1.54, 1.807) is 34.5 Å². The highest BCUT2D eigenvalue weighted by Crippen LogP contribution is 2.45. The van der Waals surface area contributed by atoms with Gasteiger partial charge in [0.2, 0.25) is 0 Å². The molecule has 1 N–H and O–H groups in total. The van der Waals surface area contributed by atoms with E-state index in [9.17, 15) is 5.11 Å². The molecule has 0 radical (unpaired) electrons. The summed E-state index contributed by atoms with van der Waals surface area (Å²) in [6, 6.07) is 95.0. The number of aliphatic hydroxyl groups excluding tert-OH is 1. The third-order valence-corrected chi connectivity index (χ3v) is 28.0. The van der Waals surface area contributed by atoms with E-state index in [1.807, 2.05) is 121 Å². The van der Waals surface area contributed by atoms with E-state index in [0.29, 0.717) is 13.2 Å². The molecular weight excluding hydrogens is 1250 g/mol. The summed E-state index contributed by atoms with van der Waals surface area (Å²) in [6.07, 6.45) is 0.875. The van der Waals surface area contributed by atoms with E-state index in [4.69, 9.17) is 46.7 Å². The first kappa shape index (κ1) is 73.5. The maximum Gasteiger partial charge on any atom is 0.261 e. The molecule has 10 aromatic rings. The van der Waals surface area contributed by atoms with Crippen LogP contribution in [-0.2, 0) is 39.0 Å². The second-order valence-corrected chi connectivity index (χ2v) is 34.7. The van der Waals surface area contributed by atoms with Crippen LogP contribution in [0.3, 0.4) is 0 Å². The van der Waals surface area contributed by atoms with Gasteiger partial charge in [0.25, 0.3) is 16.6 Å². The van der Waals surface area contributed by atoms with Gasteiger partial charge in [-0.15, -0.1) is 6.58 Å². The highest BCUT2D eigenvalue weighted by atomic mass is 28.4. The zero-order valence-corrected chi connectivity index (χ0v) is 60.5. The minimum atomic E-state index is -2.86. The maximum atomic E-state index is 9.87. The fraction of sp³-hybridized carbons (Fsp3) is 0.271. The standard InChI is InChI=1S/C43H48O5Si.C42H48O6Si/c1-7-31-46-39(33-48-49(42(2,3)4,40-19-13-9-14-20-40)41-21-15-10-16-22-41)32-47-43(34-17-11-8-12-18-34,35-23-27-37(44-5)28-24-35)36-25-29-38(45-6)30-26-36;1-41(2,3)49(39-17-11-7-12-18-39,40-19-13-8-14-20-40)48-32-38(46-30-29-43)31-47-42(33-15-9-6-10-16-33,34-21-25-36(44-4)26-22-34)35-23-27-37(45-5)28-24-35/h7-30,39H,1,31-33H2,2-6H3;6-28,38,43H,29-32H2,1-5H3/t39-;38-/m11/s1. The van der Waals surface area contributed by atoms with Gasteiger partial charge in [-0.2, -0.15) is 0 Å². The highest BCUT2D eigenvalue weighted by Gasteiger charge is 2.52. The summed E-state index contributed by atoms with van der Waals surface area (Å²) in [5, 5.41) is 14.3. The first-order chi connectivity index (χ1) is 47.6. The molecule has 0 saturated carbocycles. The fourth-order valence-corrected chi connectivity index (χ4v) is 22.4. The Kier molecular flexibility index (Phi) is 26.0. The number of benzene rings is 10. The molecular formula is C85H96O11Si2. The highest BCUT2D eigenvalue weighted by molar-refractivity contribution is 7.00. The number of ether oxygens (including phenoxy) is 8. The number of aliphatic hydroxyl groups is 1. The van der Waals surface area contributed by atoms with Crippen LogP contribution >= 0.6 is 0 Å². The van der Waals surface area contributed by atoms with Crippen molar-refractivity contribution in [2.24, 2.45) is 0 Å². The number of rotatable bonds is 32.